The molecule has 4 saturated carbocycles. The van der Waals surface area contributed by atoms with Crippen LogP contribution >= 0.6 is 0 Å². The molecule has 212 valence electrons. The van der Waals surface area contributed by atoms with Crippen LogP contribution in [0.25, 0.3) is 0 Å². The van der Waals surface area contributed by atoms with Crippen LogP contribution in [0.5, 0.6) is 0 Å². The Hall–Kier alpha value is -0.420. The smallest absolute Gasteiger partial charge is 0.0886 e. The van der Waals surface area contributed by atoms with Gasteiger partial charge >= 0.3 is 0 Å². The lowest BCUT2D eigenvalue weighted by Gasteiger charge is -2.72. The monoisotopic (exact) mass is 516 g/mol. The molecule has 0 bridgehead atoms. The average molecular weight is 517 g/mol. The van der Waals surface area contributed by atoms with Crippen LogP contribution in [-0.4, -0.2) is 51.4 Å². The van der Waals surface area contributed by atoms with E-state index in [9.17, 15) is 5.11 Å². The number of allylic oxidation sites excluding steroid dienone is 2. The van der Waals surface area contributed by atoms with E-state index in [1.165, 1.54) is 32.1 Å². The van der Waals surface area contributed by atoms with Crippen LogP contribution in [0, 0.1) is 50.2 Å². The highest BCUT2D eigenvalue weighted by Crippen LogP contribution is 2.75. The third kappa shape index (κ3) is 3.47. The van der Waals surface area contributed by atoms with E-state index < -0.39 is 6.10 Å². The van der Waals surface area contributed by atoms with E-state index in [1.54, 1.807) is 12.7 Å². The zero-order valence-electron chi connectivity index (χ0n) is 25.6. The van der Waals surface area contributed by atoms with Gasteiger partial charge in [0, 0.05) is 32.2 Å². The molecule has 4 nitrogen and oxygen atoms in total. The highest BCUT2D eigenvalue weighted by molar-refractivity contribution is 5.34. The molecule has 1 N–H and O–H groups in total. The number of hydrogen-bond donors (Lipinski definition) is 1. The van der Waals surface area contributed by atoms with Crippen LogP contribution in [0.1, 0.15) is 99.8 Å². The van der Waals surface area contributed by atoms with Gasteiger partial charge in [0.15, 0.2) is 0 Å². The van der Waals surface area contributed by atoms with Crippen molar-refractivity contribution in [3.63, 3.8) is 0 Å². The van der Waals surface area contributed by atoms with E-state index in [0.29, 0.717) is 17.8 Å². The number of aliphatic hydroxyl groups excluding tert-OH is 1. The molecule has 0 aromatic rings. The van der Waals surface area contributed by atoms with Crippen molar-refractivity contribution in [3.8, 4) is 0 Å². The quantitative estimate of drug-likeness (QED) is 0.407. The molecule has 5 rings (SSSR count). The zero-order chi connectivity index (χ0) is 27.2. The Bertz CT molecular complexity index is 927. The van der Waals surface area contributed by atoms with Crippen molar-refractivity contribution in [2.45, 2.75) is 118 Å². The van der Waals surface area contributed by atoms with Crippen LogP contribution in [-0.2, 0) is 14.2 Å². The number of rotatable bonds is 4. The topological polar surface area (TPSA) is 47.9 Å². The Morgan fingerprint density at radius 2 is 1.54 bits per heavy atom. The average Bonchev–Trinajstić information content (AvgIpc) is 2.81. The number of ether oxygens (including phenoxy) is 3. The summed E-state index contributed by atoms with van der Waals surface area (Å²) in [5.41, 5.74) is 2.31. The predicted molar refractivity (Wildman–Crippen MR) is 149 cm³/mol. The van der Waals surface area contributed by atoms with Crippen LogP contribution < -0.4 is 0 Å². The van der Waals surface area contributed by atoms with Gasteiger partial charge in [0.25, 0.3) is 0 Å². The van der Waals surface area contributed by atoms with Crippen LogP contribution in [0.4, 0.5) is 0 Å². The maximum atomic E-state index is 11.7. The molecular formula is C33H56O4. The highest BCUT2D eigenvalue weighted by Gasteiger charge is 2.70. The van der Waals surface area contributed by atoms with Crippen LogP contribution in [0.3, 0.4) is 0 Å². The van der Waals surface area contributed by atoms with E-state index in [1.807, 2.05) is 14.2 Å². The predicted octanol–water partition coefficient (Wildman–Crippen LogP) is 7.05. The molecule has 0 unspecified atom stereocenters. The molecular weight excluding hydrogens is 460 g/mol. The van der Waals surface area contributed by atoms with E-state index in [-0.39, 0.29) is 44.7 Å². The summed E-state index contributed by atoms with van der Waals surface area (Å²) in [5, 5.41) is 11.7. The lowest BCUT2D eigenvalue weighted by molar-refractivity contribution is -0.231. The first-order chi connectivity index (χ1) is 17.2. The summed E-state index contributed by atoms with van der Waals surface area (Å²) in [4.78, 5) is 0. The van der Waals surface area contributed by atoms with Crippen molar-refractivity contribution in [2.75, 3.05) is 27.9 Å². The van der Waals surface area contributed by atoms with Gasteiger partial charge in [0.2, 0.25) is 0 Å². The maximum Gasteiger partial charge on any atom is 0.0886 e. The summed E-state index contributed by atoms with van der Waals surface area (Å²) in [6, 6.07) is 0. The zero-order valence-corrected chi connectivity index (χ0v) is 25.6. The second-order valence-corrected chi connectivity index (χ2v) is 15.8. The first-order valence-electron chi connectivity index (χ1n) is 15.1. The molecule has 0 saturated heterocycles. The van der Waals surface area contributed by atoms with E-state index >= 15 is 0 Å². The standard InChI is InChI=1S/C33H56O4/c1-28(2)19-22-21-11-12-24-30(4)15-14-25(36-9)31(5,20-35-8)23(30)13-16-33(24,7)32(21,6)18-17-29(22,3)26(34)27(28)37-10/h11,22-27,34H,12-20H2,1-10H3/t22-,23+,24+,25-,26+,27-,29+,30-,31+,32+,33+/m0/s1. The Balaban J connectivity index is 1.56. The fourth-order valence-electron chi connectivity index (χ4n) is 11.8. The fourth-order valence-corrected chi connectivity index (χ4v) is 11.8. The lowest BCUT2D eigenvalue weighted by atomic mass is 9.33. The summed E-state index contributed by atoms with van der Waals surface area (Å²) in [7, 11) is 5.55. The first kappa shape index (κ1) is 28.1. The first-order valence-corrected chi connectivity index (χ1v) is 15.1. The second-order valence-electron chi connectivity index (χ2n) is 15.8. The molecule has 5 aliphatic carbocycles. The van der Waals surface area contributed by atoms with Gasteiger partial charge in [-0.1, -0.05) is 60.1 Å². The molecule has 5 aliphatic rings. The molecule has 0 aromatic carbocycles. The second kappa shape index (κ2) is 8.79. The van der Waals surface area contributed by atoms with Crippen molar-refractivity contribution in [2.24, 2.45) is 50.2 Å². The Morgan fingerprint density at radius 1 is 0.838 bits per heavy atom. The number of methoxy groups -OCH3 is 3. The van der Waals surface area contributed by atoms with Gasteiger partial charge in [0.1, 0.15) is 0 Å². The van der Waals surface area contributed by atoms with Gasteiger partial charge in [0.05, 0.1) is 24.9 Å². The molecule has 11 atom stereocenters. The molecule has 0 amide bonds. The summed E-state index contributed by atoms with van der Waals surface area (Å²) >= 11 is 0. The van der Waals surface area contributed by atoms with Crippen molar-refractivity contribution in [3.05, 3.63) is 11.6 Å². The summed E-state index contributed by atoms with van der Waals surface area (Å²) in [5.74, 6) is 1.70. The largest absolute Gasteiger partial charge is 0.390 e. The molecule has 4 fully saturated rings. The number of hydrogen-bond acceptors (Lipinski definition) is 4. The fraction of sp³-hybridized carbons (Fsp3) is 0.939. The van der Waals surface area contributed by atoms with Gasteiger partial charge in [-0.25, -0.2) is 0 Å². The van der Waals surface area contributed by atoms with Gasteiger partial charge in [-0.05, 0) is 90.8 Å². The number of aliphatic hydroxyl groups is 1. The Labute approximate surface area is 227 Å². The van der Waals surface area contributed by atoms with Crippen molar-refractivity contribution >= 4 is 0 Å². The molecule has 0 heterocycles. The normalized spacial score (nSPS) is 54.8. The molecule has 0 aliphatic heterocycles. The van der Waals surface area contributed by atoms with E-state index in [2.05, 4.69) is 54.5 Å². The van der Waals surface area contributed by atoms with Crippen molar-refractivity contribution in [1.82, 2.24) is 0 Å². The third-order valence-corrected chi connectivity index (χ3v) is 14.1. The van der Waals surface area contributed by atoms with Crippen LogP contribution in [0.15, 0.2) is 11.6 Å². The maximum absolute atomic E-state index is 11.7. The molecule has 4 heteroatoms. The highest BCUT2D eigenvalue weighted by atomic mass is 16.5. The van der Waals surface area contributed by atoms with Gasteiger partial charge in [-0.15, -0.1) is 0 Å². The number of fused-ring (bicyclic) bond motifs is 7. The van der Waals surface area contributed by atoms with Gasteiger partial charge in [-0.3, -0.25) is 0 Å². The third-order valence-electron chi connectivity index (χ3n) is 14.1. The van der Waals surface area contributed by atoms with Crippen molar-refractivity contribution < 1.29 is 19.3 Å². The minimum absolute atomic E-state index is 0.0423. The lowest BCUT2D eigenvalue weighted by Crippen LogP contribution is -2.67. The molecule has 0 aromatic heterocycles. The van der Waals surface area contributed by atoms with E-state index in [4.69, 9.17) is 14.2 Å². The molecule has 0 spiro atoms. The van der Waals surface area contributed by atoms with E-state index in [0.717, 1.165) is 25.9 Å². The minimum Gasteiger partial charge on any atom is -0.390 e. The molecule has 37 heavy (non-hydrogen) atoms. The Kier molecular flexibility index (Phi) is 6.68. The Morgan fingerprint density at radius 3 is 2.16 bits per heavy atom. The summed E-state index contributed by atoms with van der Waals surface area (Å²) in [6.45, 7) is 18.1. The summed E-state index contributed by atoms with van der Waals surface area (Å²) in [6.07, 6.45) is 11.9. The van der Waals surface area contributed by atoms with Gasteiger partial charge in [-0.2, -0.15) is 0 Å². The summed E-state index contributed by atoms with van der Waals surface area (Å²) < 4.78 is 17.9. The minimum atomic E-state index is -0.422. The van der Waals surface area contributed by atoms with Gasteiger partial charge < -0.3 is 19.3 Å². The molecule has 0 radical (unpaired) electrons. The van der Waals surface area contributed by atoms with Crippen molar-refractivity contribution in [1.29, 1.82) is 0 Å². The van der Waals surface area contributed by atoms with Crippen LogP contribution in [0.2, 0.25) is 0 Å². The SMILES string of the molecule is COC[C@]1(C)[C@@H]2CC[C@]3(C)[C@H](CC=C4[C@@H]5CC(C)(C)[C@@H](OC)[C@@H](O)[C@]5(C)CC[C@]43C)[C@@]2(C)CC[C@@H]1OC.